The van der Waals surface area contributed by atoms with Gasteiger partial charge in [0, 0.05) is 17.4 Å². The van der Waals surface area contributed by atoms with Crippen molar-refractivity contribution in [3.63, 3.8) is 0 Å². The summed E-state index contributed by atoms with van der Waals surface area (Å²) in [7, 11) is 0. The molecule has 0 saturated carbocycles. The lowest BCUT2D eigenvalue weighted by molar-refractivity contribution is 0.454. The molecule has 23 heavy (non-hydrogen) atoms. The molecule has 0 fully saturated rings. The molecular weight excluding hydrogens is 288 g/mol. The normalized spacial score (nSPS) is 11.2. The highest BCUT2D eigenvalue weighted by Crippen LogP contribution is 2.37. The van der Waals surface area contributed by atoms with Crippen molar-refractivity contribution in [2.75, 3.05) is 0 Å². The predicted octanol–water partition coefficient (Wildman–Crippen LogP) is 5.73. The van der Waals surface area contributed by atoms with Gasteiger partial charge in [0.25, 0.3) is 0 Å². The second-order valence-electron chi connectivity index (χ2n) is 6.13. The predicted molar refractivity (Wildman–Crippen MR) is 92.7 cm³/mol. The van der Waals surface area contributed by atoms with E-state index in [1.807, 2.05) is 39.0 Å². The Kier molecular flexibility index (Phi) is 3.80. The number of ether oxygens (including phenoxy) is 1. The molecule has 0 saturated heterocycles. The fourth-order valence-electron chi connectivity index (χ4n) is 2.96. The Morgan fingerprint density at radius 3 is 2.22 bits per heavy atom. The Balaban J connectivity index is 2.09. The highest BCUT2D eigenvalue weighted by molar-refractivity contribution is 5.85. The molecule has 0 aliphatic heterocycles. The summed E-state index contributed by atoms with van der Waals surface area (Å²) in [5.41, 5.74) is 4.64. The molecule has 0 aliphatic carbocycles. The molecule has 1 N–H and O–H groups in total. The summed E-state index contributed by atoms with van der Waals surface area (Å²) < 4.78 is 12.0. The molecular formula is C20H22O3. The molecule has 0 unspecified atom stereocenters. The molecule has 120 valence electrons. The first kappa shape index (κ1) is 15.5. The van der Waals surface area contributed by atoms with E-state index in [0.717, 1.165) is 56.9 Å². The molecule has 0 radical (unpaired) electrons. The van der Waals surface area contributed by atoms with E-state index in [-0.39, 0.29) is 0 Å². The zero-order chi connectivity index (χ0) is 16.7. The van der Waals surface area contributed by atoms with Crippen LogP contribution < -0.4 is 4.74 Å². The van der Waals surface area contributed by atoms with Crippen LogP contribution in [-0.4, -0.2) is 5.11 Å². The van der Waals surface area contributed by atoms with Crippen molar-refractivity contribution in [3.8, 4) is 17.2 Å². The molecule has 0 amide bonds. The van der Waals surface area contributed by atoms with Crippen molar-refractivity contribution in [1.82, 2.24) is 0 Å². The fraction of sp³-hybridized carbons (Fsp3) is 0.300. The number of aromatic hydroxyl groups is 1. The van der Waals surface area contributed by atoms with E-state index < -0.39 is 0 Å². The van der Waals surface area contributed by atoms with E-state index in [1.54, 1.807) is 0 Å². The standard InChI is InChI=1S/C20H22O3/c1-6-15-10-17-14(5)20(13(4)9-18(17)22-15)23-16-7-11(2)19(21)12(3)8-16/h7-10,21H,6H2,1-5H3. The maximum atomic E-state index is 9.91. The third kappa shape index (κ3) is 2.67. The number of aryl methyl sites for hydroxylation is 5. The van der Waals surface area contributed by atoms with Crippen molar-refractivity contribution in [2.24, 2.45) is 0 Å². The number of phenols is 1. The van der Waals surface area contributed by atoms with E-state index in [0.29, 0.717) is 5.75 Å². The smallest absolute Gasteiger partial charge is 0.135 e. The van der Waals surface area contributed by atoms with Crippen LogP contribution in [0.4, 0.5) is 0 Å². The minimum atomic E-state index is 0.323. The Labute approximate surface area is 136 Å². The van der Waals surface area contributed by atoms with Crippen molar-refractivity contribution in [1.29, 1.82) is 0 Å². The first-order valence-electron chi connectivity index (χ1n) is 7.91. The van der Waals surface area contributed by atoms with Gasteiger partial charge in [-0.05, 0) is 68.7 Å². The van der Waals surface area contributed by atoms with Gasteiger partial charge in [0.05, 0.1) is 0 Å². The summed E-state index contributed by atoms with van der Waals surface area (Å²) in [4.78, 5) is 0. The number of hydrogen-bond acceptors (Lipinski definition) is 3. The molecule has 0 atom stereocenters. The van der Waals surface area contributed by atoms with Crippen LogP contribution in [0.25, 0.3) is 11.0 Å². The first-order chi connectivity index (χ1) is 10.9. The van der Waals surface area contributed by atoms with E-state index in [4.69, 9.17) is 9.15 Å². The lowest BCUT2D eigenvalue weighted by Gasteiger charge is -2.14. The topological polar surface area (TPSA) is 42.6 Å². The summed E-state index contributed by atoms with van der Waals surface area (Å²) in [6.45, 7) is 9.92. The van der Waals surface area contributed by atoms with Crippen molar-refractivity contribution in [3.05, 3.63) is 52.3 Å². The van der Waals surface area contributed by atoms with E-state index in [1.165, 1.54) is 0 Å². The molecule has 1 aromatic heterocycles. The average Bonchev–Trinajstić information content (AvgIpc) is 2.92. The van der Waals surface area contributed by atoms with Crippen molar-refractivity contribution in [2.45, 2.75) is 41.0 Å². The second kappa shape index (κ2) is 5.65. The van der Waals surface area contributed by atoms with Crippen LogP contribution in [0.1, 0.15) is 34.9 Å². The third-order valence-corrected chi connectivity index (χ3v) is 4.30. The van der Waals surface area contributed by atoms with Gasteiger partial charge in [-0.3, -0.25) is 0 Å². The van der Waals surface area contributed by atoms with E-state index in [9.17, 15) is 5.11 Å². The minimum Gasteiger partial charge on any atom is -0.507 e. The number of hydrogen-bond donors (Lipinski definition) is 1. The molecule has 3 heteroatoms. The third-order valence-electron chi connectivity index (χ3n) is 4.30. The molecule has 0 aliphatic rings. The Morgan fingerprint density at radius 2 is 1.61 bits per heavy atom. The van der Waals surface area contributed by atoms with Crippen LogP contribution in [0.2, 0.25) is 0 Å². The number of rotatable bonds is 3. The highest BCUT2D eigenvalue weighted by atomic mass is 16.5. The summed E-state index contributed by atoms with van der Waals surface area (Å²) in [5, 5.41) is 11.0. The van der Waals surface area contributed by atoms with Crippen LogP contribution in [0.15, 0.2) is 28.7 Å². The number of benzene rings is 2. The number of fused-ring (bicyclic) bond motifs is 1. The Morgan fingerprint density at radius 1 is 0.957 bits per heavy atom. The lowest BCUT2D eigenvalue weighted by Crippen LogP contribution is -1.93. The maximum absolute atomic E-state index is 9.91. The Bertz CT molecular complexity index is 865. The molecule has 0 spiro atoms. The maximum Gasteiger partial charge on any atom is 0.135 e. The summed E-state index contributed by atoms with van der Waals surface area (Å²) >= 11 is 0. The molecule has 1 heterocycles. The van der Waals surface area contributed by atoms with Gasteiger partial charge < -0.3 is 14.3 Å². The van der Waals surface area contributed by atoms with Gasteiger partial charge in [-0.15, -0.1) is 0 Å². The highest BCUT2D eigenvalue weighted by Gasteiger charge is 2.14. The number of furan rings is 1. The summed E-state index contributed by atoms with van der Waals surface area (Å²) in [6.07, 6.45) is 0.875. The second-order valence-corrected chi connectivity index (χ2v) is 6.13. The van der Waals surface area contributed by atoms with E-state index >= 15 is 0 Å². The van der Waals surface area contributed by atoms with Gasteiger partial charge in [0.2, 0.25) is 0 Å². The minimum absolute atomic E-state index is 0.323. The largest absolute Gasteiger partial charge is 0.507 e. The molecule has 3 aromatic rings. The summed E-state index contributed by atoms with van der Waals surface area (Å²) in [5.74, 6) is 2.90. The SMILES string of the molecule is CCc1cc2c(C)c(Oc3cc(C)c(O)c(C)c3)c(C)cc2o1. The zero-order valence-electron chi connectivity index (χ0n) is 14.3. The van der Waals surface area contributed by atoms with Crippen LogP contribution in [0, 0.1) is 27.7 Å². The van der Waals surface area contributed by atoms with Gasteiger partial charge in [-0.2, -0.15) is 0 Å². The molecule has 3 rings (SSSR count). The Hall–Kier alpha value is -2.42. The fourth-order valence-corrected chi connectivity index (χ4v) is 2.96. The van der Waals surface area contributed by atoms with Gasteiger partial charge in [-0.1, -0.05) is 6.92 Å². The van der Waals surface area contributed by atoms with Crippen molar-refractivity contribution >= 4 is 11.0 Å². The van der Waals surface area contributed by atoms with Crippen LogP contribution in [-0.2, 0) is 6.42 Å². The van der Waals surface area contributed by atoms with Crippen molar-refractivity contribution < 1.29 is 14.3 Å². The van der Waals surface area contributed by atoms with Crippen LogP contribution in [0.5, 0.6) is 17.2 Å². The molecule has 3 nitrogen and oxygen atoms in total. The molecule has 2 aromatic carbocycles. The van der Waals surface area contributed by atoms with E-state index in [2.05, 4.69) is 19.9 Å². The molecule has 0 bridgehead atoms. The van der Waals surface area contributed by atoms with Crippen LogP contribution >= 0.6 is 0 Å². The van der Waals surface area contributed by atoms with Gasteiger partial charge >= 0.3 is 0 Å². The zero-order valence-corrected chi connectivity index (χ0v) is 14.3. The summed E-state index contributed by atoms with van der Waals surface area (Å²) in [6, 6.07) is 7.83. The monoisotopic (exact) mass is 310 g/mol. The van der Waals surface area contributed by atoms with Gasteiger partial charge in [0.15, 0.2) is 0 Å². The first-order valence-corrected chi connectivity index (χ1v) is 7.91. The quantitative estimate of drug-likeness (QED) is 0.672. The van der Waals surface area contributed by atoms with Crippen LogP contribution in [0.3, 0.4) is 0 Å². The number of phenolic OH excluding ortho intramolecular Hbond substituents is 1. The van der Waals surface area contributed by atoms with Gasteiger partial charge in [0.1, 0.15) is 28.6 Å². The van der Waals surface area contributed by atoms with Gasteiger partial charge in [-0.25, -0.2) is 0 Å². The average molecular weight is 310 g/mol. The lowest BCUT2D eigenvalue weighted by atomic mass is 10.1.